The van der Waals surface area contributed by atoms with Crippen LogP contribution in [-0.4, -0.2) is 11.8 Å². The summed E-state index contributed by atoms with van der Waals surface area (Å²) in [5.41, 5.74) is 8.94. The van der Waals surface area contributed by atoms with Crippen molar-refractivity contribution in [2.75, 3.05) is 4.90 Å². The SMILES string of the molecule is CCCCc1ccc(N2C(=O)C(C)(C)c3ccc(C(N)=O)cc32)cc1. The summed E-state index contributed by atoms with van der Waals surface area (Å²) in [6.07, 6.45) is 3.35. The van der Waals surface area contributed by atoms with Crippen molar-refractivity contribution >= 4 is 23.2 Å². The maximum atomic E-state index is 13.0. The highest BCUT2D eigenvalue weighted by molar-refractivity contribution is 6.13. The number of aryl methyl sites for hydroxylation is 1. The zero-order valence-electron chi connectivity index (χ0n) is 15.0. The van der Waals surface area contributed by atoms with Crippen LogP contribution in [-0.2, 0) is 16.6 Å². The Labute approximate surface area is 148 Å². The number of hydrogen-bond donors (Lipinski definition) is 1. The fraction of sp³-hybridized carbons (Fsp3) is 0.333. The average Bonchev–Trinajstić information content (AvgIpc) is 2.80. The summed E-state index contributed by atoms with van der Waals surface area (Å²) in [6, 6.07) is 13.3. The van der Waals surface area contributed by atoms with Gasteiger partial charge in [-0.1, -0.05) is 31.5 Å². The monoisotopic (exact) mass is 336 g/mol. The second kappa shape index (κ2) is 6.36. The van der Waals surface area contributed by atoms with E-state index in [1.165, 1.54) is 5.56 Å². The minimum atomic E-state index is -0.633. The van der Waals surface area contributed by atoms with Crippen molar-refractivity contribution in [2.24, 2.45) is 5.73 Å². The summed E-state index contributed by atoms with van der Waals surface area (Å²) in [4.78, 5) is 26.3. The summed E-state index contributed by atoms with van der Waals surface area (Å²) in [5.74, 6) is -0.486. The van der Waals surface area contributed by atoms with E-state index in [-0.39, 0.29) is 5.91 Å². The first-order valence-corrected chi connectivity index (χ1v) is 8.74. The molecule has 0 aliphatic carbocycles. The standard InChI is InChI=1S/C21H24N2O2/c1-4-5-6-14-7-10-16(11-8-14)23-18-13-15(19(22)24)9-12-17(18)21(2,3)20(23)25/h7-13H,4-6H2,1-3H3,(H2,22,24). The molecule has 4 heteroatoms. The van der Waals surface area contributed by atoms with Crippen LogP contribution < -0.4 is 10.6 Å². The fourth-order valence-corrected chi connectivity index (χ4v) is 3.35. The van der Waals surface area contributed by atoms with E-state index in [9.17, 15) is 9.59 Å². The van der Waals surface area contributed by atoms with Gasteiger partial charge in [-0.3, -0.25) is 14.5 Å². The Balaban J connectivity index is 2.04. The van der Waals surface area contributed by atoms with Gasteiger partial charge in [-0.2, -0.15) is 0 Å². The highest BCUT2D eigenvalue weighted by atomic mass is 16.2. The second-order valence-corrected chi connectivity index (χ2v) is 7.13. The number of fused-ring (bicyclic) bond motifs is 1. The van der Waals surface area contributed by atoms with Crippen molar-refractivity contribution in [1.29, 1.82) is 0 Å². The van der Waals surface area contributed by atoms with Crippen LogP contribution in [0.5, 0.6) is 0 Å². The van der Waals surface area contributed by atoms with Crippen LogP contribution in [0.3, 0.4) is 0 Å². The van der Waals surface area contributed by atoms with Gasteiger partial charge in [0.2, 0.25) is 11.8 Å². The molecule has 0 radical (unpaired) electrons. The maximum Gasteiger partial charge on any atom is 0.248 e. The number of hydrogen-bond acceptors (Lipinski definition) is 2. The number of carbonyl (C=O) groups is 2. The van der Waals surface area contributed by atoms with E-state index >= 15 is 0 Å². The number of rotatable bonds is 5. The lowest BCUT2D eigenvalue weighted by Gasteiger charge is -2.21. The fourth-order valence-electron chi connectivity index (χ4n) is 3.35. The van der Waals surface area contributed by atoms with Crippen LogP contribution in [0.1, 0.15) is 55.1 Å². The molecule has 1 aliphatic heterocycles. The van der Waals surface area contributed by atoms with E-state index in [4.69, 9.17) is 5.73 Å². The summed E-state index contributed by atoms with van der Waals surface area (Å²) < 4.78 is 0. The molecule has 2 aromatic rings. The van der Waals surface area contributed by atoms with Crippen LogP contribution in [0.2, 0.25) is 0 Å². The summed E-state index contributed by atoms with van der Waals surface area (Å²) in [5, 5.41) is 0. The number of nitrogens with two attached hydrogens (primary N) is 1. The second-order valence-electron chi connectivity index (χ2n) is 7.13. The maximum absolute atomic E-state index is 13.0. The molecule has 2 aromatic carbocycles. The minimum absolute atomic E-state index is 0.00503. The first kappa shape index (κ1) is 17.2. The summed E-state index contributed by atoms with van der Waals surface area (Å²) >= 11 is 0. The molecule has 2 amide bonds. The van der Waals surface area contributed by atoms with Crippen LogP contribution in [0.4, 0.5) is 11.4 Å². The molecule has 130 valence electrons. The summed E-state index contributed by atoms with van der Waals surface area (Å²) in [7, 11) is 0. The largest absolute Gasteiger partial charge is 0.366 e. The lowest BCUT2D eigenvalue weighted by molar-refractivity contribution is -0.121. The normalized spacial score (nSPS) is 15.3. The molecule has 1 aliphatic rings. The third-order valence-electron chi connectivity index (χ3n) is 4.95. The molecule has 0 fully saturated rings. The molecule has 0 atom stereocenters. The predicted molar refractivity (Wildman–Crippen MR) is 100 cm³/mol. The van der Waals surface area contributed by atoms with Crippen molar-refractivity contribution in [3.8, 4) is 0 Å². The first-order chi connectivity index (χ1) is 11.9. The van der Waals surface area contributed by atoms with E-state index < -0.39 is 11.3 Å². The van der Waals surface area contributed by atoms with E-state index in [1.807, 2.05) is 32.0 Å². The highest BCUT2D eigenvalue weighted by Crippen LogP contribution is 2.45. The van der Waals surface area contributed by atoms with Crippen molar-refractivity contribution in [1.82, 2.24) is 0 Å². The van der Waals surface area contributed by atoms with Crippen molar-refractivity contribution < 1.29 is 9.59 Å². The molecule has 2 N–H and O–H groups in total. The van der Waals surface area contributed by atoms with E-state index in [0.29, 0.717) is 5.56 Å². The molecule has 0 spiro atoms. The van der Waals surface area contributed by atoms with E-state index in [1.54, 1.807) is 17.0 Å². The molecule has 4 nitrogen and oxygen atoms in total. The number of amides is 2. The van der Waals surface area contributed by atoms with Crippen molar-refractivity contribution in [2.45, 2.75) is 45.4 Å². The van der Waals surface area contributed by atoms with E-state index in [2.05, 4.69) is 19.1 Å². The van der Waals surface area contributed by atoms with Crippen LogP contribution >= 0.6 is 0 Å². The van der Waals surface area contributed by atoms with Gasteiger partial charge in [0.1, 0.15) is 0 Å². The lowest BCUT2D eigenvalue weighted by atomic mass is 9.86. The predicted octanol–water partition coefficient (Wildman–Crippen LogP) is 4.08. The third-order valence-corrected chi connectivity index (χ3v) is 4.95. The number of unbranched alkanes of at least 4 members (excludes halogenated alkanes) is 1. The van der Waals surface area contributed by atoms with Crippen LogP contribution in [0.25, 0.3) is 0 Å². The molecule has 3 rings (SSSR count). The van der Waals surface area contributed by atoms with Crippen molar-refractivity contribution in [3.05, 3.63) is 59.2 Å². The lowest BCUT2D eigenvalue weighted by Crippen LogP contribution is -2.33. The molecule has 0 bridgehead atoms. The van der Waals surface area contributed by atoms with E-state index in [0.717, 1.165) is 36.2 Å². The van der Waals surface area contributed by atoms with Crippen LogP contribution in [0, 0.1) is 0 Å². The zero-order chi connectivity index (χ0) is 18.2. The summed E-state index contributed by atoms with van der Waals surface area (Å²) in [6.45, 7) is 5.99. The number of anilines is 2. The Kier molecular flexibility index (Phi) is 4.38. The smallest absolute Gasteiger partial charge is 0.248 e. The van der Waals surface area contributed by atoms with Crippen LogP contribution in [0.15, 0.2) is 42.5 Å². The first-order valence-electron chi connectivity index (χ1n) is 8.74. The topological polar surface area (TPSA) is 63.4 Å². The molecule has 0 aromatic heterocycles. The molecule has 0 unspecified atom stereocenters. The van der Waals surface area contributed by atoms with Gasteiger partial charge in [-0.15, -0.1) is 0 Å². The molecular weight excluding hydrogens is 312 g/mol. The van der Waals surface area contributed by atoms with Gasteiger partial charge >= 0.3 is 0 Å². The number of carbonyl (C=O) groups excluding carboxylic acids is 2. The minimum Gasteiger partial charge on any atom is -0.366 e. The Morgan fingerprint density at radius 3 is 2.40 bits per heavy atom. The Bertz CT molecular complexity index is 822. The highest BCUT2D eigenvalue weighted by Gasteiger charge is 2.44. The Hall–Kier alpha value is -2.62. The Morgan fingerprint density at radius 2 is 1.80 bits per heavy atom. The van der Waals surface area contributed by atoms with Gasteiger partial charge in [-0.25, -0.2) is 0 Å². The number of benzene rings is 2. The van der Waals surface area contributed by atoms with Gasteiger partial charge in [0, 0.05) is 11.3 Å². The molecule has 0 saturated heterocycles. The number of nitrogens with zero attached hydrogens (tertiary/aromatic N) is 1. The van der Waals surface area contributed by atoms with Gasteiger partial charge in [0.05, 0.1) is 11.1 Å². The third kappa shape index (κ3) is 2.93. The van der Waals surface area contributed by atoms with Gasteiger partial charge in [0.25, 0.3) is 0 Å². The van der Waals surface area contributed by atoms with Gasteiger partial charge < -0.3 is 5.73 Å². The molecule has 25 heavy (non-hydrogen) atoms. The van der Waals surface area contributed by atoms with Gasteiger partial charge in [0.15, 0.2) is 0 Å². The number of primary amides is 1. The Morgan fingerprint density at radius 1 is 1.12 bits per heavy atom. The molecule has 0 saturated carbocycles. The molecular formula is C21H24N2O2. The van der Waals surface area contributed by atoms with Gasteiger partial charge in [-0.05, 0) is 62.1 Å². The quantitative estimate of drug-likeness (QED) is 0.894. The van der Waals surface area contributed by atoms with Crippen molar-refractivity contribution in [3.63, 3.8) is 0 Å². The molecule has 1 heterocycles. The average molecular weight is 336 g/mol. The zero-order valence-corrected chi connectivity index (χ0v) is 15.0.